The number of benzene rings is 1. The Hall–Kier alpha value is -1.78. The molecule has 0 radical (unpaired) electrons. The van der Waals surface area contributed by atoms with Gasteiger partial charge in [-0.2, -0.15) is 0 Å². The molecule has 0 fully saturated rings. The van der Waals surface area contributed by atoms with Crippen molar-refractivity contribution in [2.24, 2.45) is 0 Å². The molecule has 2 aromatic rings. The van der Waals surface area contributed by atoms with E-state index in [0.29, 0.717) is 22.7 Å². The molecule has 0 aliphatic rings. The van der Waals surface area contributed by atoms with Crippen molar-refractivity contribution in [2.45, 2.75) is 26.4 Å². The summed E-state index contributed by atoms with van der Waals surface area (Å²) < 4.78 is 5.38. The van der Waals surface area contributed by atoms with E-state index in [0.717, 1.165) is 22.6 Å². The molecule has 1 aromatic heterocycles. The Balaban J connectivity index is 2.29. The Morgan fingerprint density at radius 1 is 1.38 bits per heavy atom. The Morgan fingerprint density at radius 2 is 2.10 bits per heavy atom. The fourth-order valence-corrected chi connectivity index (χ4v) is 2.60. The molecule has 5 heteroatoms. The van der Waals surface area contributed by atoms with Gasteiger partial charge in [0.15, 0.2) is 0 Å². The summed E-state index contributed by atoms with van der Waals surface area (Å²) in [6.07, 6.45) is 1.38. The normalized spacial score (nSPS) is 12.2. The van der Waals surface area contributed by atoms with Crippen molar-refractivity contribution in [3.63, 3.8) is 0 Å². The van der Waals surface area contributed by atoms with Crippen LogP contribution in [-0.4, -0.2) is 17.2 Å². The van der Waals surface area contributed by atoms with Gasteiger partial charge in [0.25, 0.3) is 0 Å². The van der Waals surface area contributed by atoms with E-state index < -0.39 is 6.10 Å². The van der Waals surface area contributed by atoms with E-state index in [1.807, 2.05) is 13.8 Å². The van der Waals surface area contributed by atoms with Crippen molar-refractivity contribution in [2.75, 3.05) is 12.8 Å². The average Bonchev–Trinajstić information content (AvgIpc) is 2.42. The highest BCUT2D eigenvalue weighted by molar-refractivity contribution is 6.30. The topological polar surface area (TPSA) is 68.4 Å². The Labute approximate surface area is 129 Å². The van der Waals surface area contributed by atoms with Gasteiger partial charge in [-0.05, 0) is 26.0 Å². The molecule has 0 saturated carbocycles. The van der Waals surface area contributed by atoms with Crippen LogP contribution in [0.5, 0.6) is 5.75 Å². The molecule has 0 saturated heterocycles. The smallest absolute Gasteiger partial charge is 0.128 e. The van der Waals surface area contributed by atoms with Gasteiger partial charge in [-0.25, -0.2) is 0 Å². The number of aryl methyl sites for hydroxylation is 1. The maximum Gasteiger partial charge on any atom is 0.128 e. The number of anilines is 1. The van der Waals surface area contributed by atoms with Gasteiger partial charge in [0.2, 0.25) is 0 Å². The van der Waals surface area contributed by atoms with Crippen LogP contribution in [0.2, 0.25) is 5.02 Å². The Bertz CT molecular complexity index is 659. The first-order valence-corrected chi connectivity index (χ1v) is 7.04. The van der Waals surface area contributed by atoms with Crippen LogP contribution in [0.15, 0.2) is 24.4 Å². The number of hydrogen-bond acceptors (Lipinski definition) is 4. The fourth-order valence-electron chi connectivity index (χ4n) is 2.42. The molecule has 3 N–H and O–H groups in total. The molecule has 21 heavy (non-hydrogen) atoms. The molecule has 0 spiro atoms. The number of methoxy groups -OCH3 is 1. The van der Waals surface area contributed by atoms with Gasteiger partial charge in [0.1, 0.15) is 5.75 Å². The Kier molecular flexibility index (Phi) is 4.70. The number of aromatic nitrogens is 1. The number of rotatable bonds is 4. The predicted octanol–water partition coefficient (Wildman–Crippen LogP) is 3.22. The number of ether oxygens (including phenoxy) is 1. The SMILES string of the molecule is COc1c(C)cnc(CC(O)c2ccc(Cl)cc2N)c1C. The van der Waals surface area contributed by atoms with Gasteiger partial charge in [0, 0.05) is 45.7 Å². The van der Waals surface area contributed by atoms with Gasteiger partial charge in [-0.15, -0.1) is 0 Å². The van der Waals surface area contributed by atoms with Crippen LogP contribution in [-0.2, 0) is 6.42 Å². The third-order valence-electron chi connectivity index (χ3n) is 3.54. The summed E-state index contributed by atoms with van der Waals surface area (Å²) in [6, 6.07) is 5.09. The molecule has 0 aliphatic carbocycles. The van der Waals surface area contributed by atoms with Gasteiger partial charge < -0.3 is 15.6 Å². The number of aliphatic hydroxyl groups is 1. The second-order valence-corrected chi connectivity index (χ2v) is 5.48. The number of pyridine rings is 1. The van der Waals surface area contributed by atoms with Gasteiger partial charge >= 0.3 is 0 Å². The molecule has 1 heterocycles. The highest BCUT2D eigenvalue weighted by Crippen LogP contribution is 2.30. The zero-order chi connectivity index (χ0) is 15.6. The average molecular weight is 307 g/mol. The lowest BCUT2D eigenvalue weighted by atomic mass is 10.00. The zero-order valence-electron chi connectivity index (χ0n) is 12.4. The van der Waals surface area contributed by atoms with Gasteiger partial charge in [0.05, 0.1) is 13.2 Å². The standard InChI is InChI=1S/C16H19ClN2O2/c1-9-8-19-14(10(2)16(9)21-3)7-15(20)12-5-4-11(17)6-13(12)18/h4-6,8,15,20H,7,18H2,1-3H3. The summed E-state index contributed by atoms with van der Waals surface area (Å²) in [5.74, 6) is 0.802. The monoisotopic (exact) mass is 306 g/mol. The van der Waals surface area contributed by atoms with Gasteiger partial charge in [-0.1, -0.05) is 17.7 Å². The molecular formula is C16H19ClN2O2. The highest BCUT2D eigenvalue weighted by Gasteiger charge is 2.16. The van der Waals surface area contributed by atoms with Crippen molar-refractivity contribution in [1.82, 2.24) is 4.98 Å². The van der Waals surface area contributed by atoms with Crippen LogP contribution in [0.3, 0.4) is 0 Å². The minimum absolute atomic E-state index is 0.369. The van der Waals surface area contributed by atoms with Crippen LogP contribution in [0.25, 0.3) is 0 Å². The van der Waals surface area contributed by atoms with Crippen LogP contribution in [0, 0.1) is 13.8 Å². The first kappa shape index (κ1) is 15.6. The molecular weight excluding hydrogens is 288 g/mol. The minimum Gasteiger partial charge on any atom is -0.496 e. The largest absolute Gasteiger partial charge is 0.496 e. The van der Waals surface area contributed by atoms with Crippen molar-refractivity contribution in [1.29, 1.82) is 0 Å². The number of halogens is 1. The number of nitrogens with zero attached hydrogens (tertiary/aromatic N) is 1. The molecule has 1 aromatic carbocycles. The number of aliphatic hydroxyl groups excluding tert-OH is 1. The molecule has 112 valence electrons. The summed E-state index contributed by atoms with van der Waals surface area (Å²) in [4.78, 5) is 4.39. The molecule has 4 nitrogen and oxygen atoms in total. The van der Waals surface area contributed by atoms with E-state index in [4.69, 9.17) is 22.1 Å². The summed E-state index contributed by atoms with van der Waals surface area (Å²) in [5, 5.41) is 10.9. The van der Waals surface area contributed by atoms with E-state index in [-0.39, 0.29) is 0 Å². The fraction of sp³-hybridized carbons (Fsp3) is 0.312. The second-order valence-electron chi connectivity index (χ2n) is 5.04. The second kappa shape index (κ2) is 6.33. The molecule has 0 bridgehead atoms. The quantitative estimate of drug-likeness (QED) is 0.851. The van der Waals surface area contributed by atoms with Crippen LogP contribution >= 0.6 is 11.6 Å². The first-order valence-electron chi connectivity index (χ1n) is 6.66. The lowest BCUT2D eigenvalue weighted by molar-refractivity contribution is 0.177. The Morgan fingerprint density at radius 3 is 2.71 bits per heavy atom. The maximum atomic E-state index is 10.4. The maximum absolute atomic E-state index is 10.4. The predicted molar refractivity (Wildman–Crippen MR) is 84.8 cm³/mol. The van der Waals surface area contributed by atoms with Gasteiger partial charge in [-0.3, -0.25) is 4.98 Å². The lowest BCUT2D eigenvalue weighted by Crippen LogP contribution is -2.09. The summed E-state index contributed by atoms with van der Waals surface area (Å²) in [6.45, 7) is 3.88. The van der Waals surface area contributed by atoms with Crippen molar-refractivity contribution in [3.05, 3.63) is 51.8 Å². The molecule has 1 unspecified atom stereocenters. The van der Waals surface area contributed by atoms with Crippen molar-refractivity contribution >= 4 is 17.3 Å². The van der Waals surface area contributed by atoms with E-state index in [9.17, 15) is 5.11 Å². The minimum atomic E-state index is -0.735. The van der Waals surface area contributed by atoms with Crippen LogP contribution in [0.1, 0.15) is 28.5 Å². The molecule has 0 amide bonds. The molecule has 2 rings (SSSR count). The first-order chi connectivity index (χ1) is 9.93. The zero-order valence-corrected chi connectivity index (χ0v) is 13.1. The van der Waals surface area contributed by atoms with Crippen LogP contribution in [0.4, 0.5) is 5.69 Å². The van der Waals surface area contributed by atoms with Crippen LogP contribution < -0.4 is 10.5 Å². The van der Waals surface area contributed by atoms with Crippen molar-refractivity contribution < 1.29 is 9.84 Å². The third kappa shape index (κ3) is 3.28. The van der Waals surface area contributed by atoms with E-state index in [1.54, 1.807) is 31.5 Å². The van der Waals surface area contributed by atoms with E-state index >= 15 is 0 Å². The summed E-state index contributed by atoms with van der Waals surface area (Å²) in [5.41, 5.74) is 9.73. The highest BCUT2D eigenvalue weighted by atomic mass is 35.5. The lowest BCUT2D eigenvalue weighted by Gasteiger charge is -2.16. The van der Waals surface area contributed by atoms with E-state index in [1.165, 1.54) is 0 Å². The number of nitrogen functional groups attached to an aromatic ring is 1. The van der Waals surface area contributed by atoms with Crippen molar-refractivity contribution in [3.8, 4) is 5.75 Å². The summed E-state index contributed by atoms with van der Waals surface area (Å²) >= 11 is 5.87. The molecule has 0 aliphatic heterocycles. The number of hydrogen-bond donors (Lipinski definition) is 2. The number of nitrogens with two attached hydrogens (primary N) is 1. The molecule has 1 atom stereocenters. The third-order valence-corrected chi connectivity index (χ3v) is 3.78. The van der Waals surface area contributed by atoms with E-state index in [2.05, 4.69) is 4.98 Å². The summed E-state index contributed by atoms with van der Waals surface area (Å²) in [7, 11) is 1.63.